The molecule has 0 bridgehead atoms. The number of nitrogens with zero attached hydrogens (tertiary/aromatic N) is 2. The van der Waals surface area contributed by atoms with Crippen molar-refractivity contribution in [2.45, 2.75) is 19.4 Å². The SMILES string of the molecule is CN=C(NCc1cc(OC)c(OC)c(OC)c1)N(C)CCOCC1CC1.I. The Kier molecular flexibility index (Phi) is 10.6. The second-order valence-corrected chi connectivity index (χ2v) is 6.37. The minimum absolute atomic E-state index is 0. The van der Waals surface area contributed by atoms with E-state index in [1.165, 1.54) is 12.8 Å². The average Bonchev–Trinajstić information content (AvgIpc) is 3.49. The monoisotopic (exact) mass is 493 g/mol. The van der Waals surface area contributed by atoms with Crippen LogP contribution in [0.3, 0.4) is 0 Å². The van der Waals surface area contributed by atoms with Crippen LogP contribution in [-0.4, -0.2) is 66.0 Å². The number of halogens is 1. The maximum Gasteiger partial charge on any atom is 0.203 e. The van der Waals surface area contributed by atoms with Gasteiger partial charge in [0.15, 0.2) is 17.5 Å². The Morgan fingerprint density at radius 3 is 2.26 bits per heavy atom. The molecule has 1 aromatic rings. The third-order valence-corrected chi connectivity index (χ3v) is 4.37. The van der Waals surface area contributed by atoms with Crippen LogP contribution in [0.1, 0.15) is 18.4 Å². The van der Waals surface area contributed by atoms with Crippen LogP contribution in [-0.2, 0) is 11.3 Å². The molecule has 0 radical (unpaired) electrons. The van der Waals surface area contributed by atoms with Gasteiger partial charge in [-0.3, -0.25) is 4.99 Å². The summed E-state index contributed by atoms with van der Waals surface area (Å²) in [7, 11) is 8.61. The number of hydrogen-bond donors (Lipinski definition) is 1. The molecular formula is C19H32IN3O4. The first-order chi connectivity index (χ1) is 12.6. The number of benzene rings is 1. The standard InChI is InChI=1S/C19H31N3O4.HI/c1-20-19(22(2)8-9-26-13-14-6-7-14)21-12-15-10-16(23-3)18(25-5)17(11-15)24-4;/h10-11,14H,6-9,12-13H2,1-5H3,(H,20,21);1H. The average molecular weight is 493 g/mol. The molecule has 0 spiro atoms. The minimum atomic E-state index is 0. The number of ether oxygens (including phenoxy) is 4. The van der Waals surface area contributed by atoms with Crippen LogP contribution in [0.25, 0.3) is 0 Å². The van der Waals surface area contributed by atoms with Gasteiger partial charge in [0.2, 0.25) is 5.75 Å². The highest BCUT2D eigenvalue weighted by Gasteiger charge is 2.21. The van der Waals surface area contributed by atoms with Gasteiger partial charge in [0.05, 0.1) is 27.9 Å². The van der Waals surface area contributed by atoms with Gasteiger partial charge in [-0.2, -0.15) is 0 Å². The van der Waals surface area contributed by atoms with Crippen molar-refractivity contribution in [1.29, 1.82) is 0 Å². The number of likely N-dealkylation sites (N-methyl/N-ethyl adjacent to an activating group) is 1. The van der Waals surface area contributed by atoms with Gasteiger partial charge in [0.1, 0.15) is 0 Å². The lowest BCUT2D eigenvalue weighted by atomic mass is 10.2. The zero-order chi connectivity index (χ0) is 18.9. The fourth-order valence-electron chi connectivity index (χ4n) is 2.65. The lowest BCUT2D eigenvalue weighted by molar-refractivity contribution is 0.115. The quantitative estimate of drug-likeness (QED) is 0.234. The summed E-state index contributed by atoms with van der Waals surface area (Å²) in [5, 5.41) is 3.36. The van der Waals surface area contributed by atoms with Crippen LogP contribution in [0.2, 0.25) is 0 Å². The zero-order valence-corrected chi connectivity index (χ0v) is 19.2. The highest BCUT2D eigenvalue weighted by atomic mass is 127. The van der Waals surface area contributed by atoms with Crippen molar-refractivity contribution in [3.05, 3.63) is 17.7 Å². The van der Waals surface area contributed by atoms with E-state index in [4.69, 9.17) is 18.9 Å². The van der Waals surface area contributed by atoms with Gasteiger partial charge >= 0.3 is 0 Å². The lowest BCUT2D eigenvalue weighted by Crippen LogP contribution is -2.40. The first kappa shape index (κ1) is 23.6. The molecule has 27 heavy (non-hydrogen) atoms. The van der Waals surface area contributed by atoms with Crippen molar-refractivity contribution in [3.63, 3.8) is 0 Å². The normalized spacial score (nSPS) is 13.6. The molecule has 1 N–H and O–H groups in total. The zero-order valence-electron chi connectivity index (χ0n) is 16.9. The summed E-state index contributed by atoms with van der Waals surface area (Å²) in [4.78, 5) is 6.40. The highest BCUT2D eigenvalue weighted by Crippen LogP contribution is 2.38. The van der Waals surface area contributed by atoms with Gasteiger partial charge in [-0.1, -0.05) is 0 Å². The number of aliphatic imine (C=N–C) groups is 1. The molecule has 1 aromatic carbocycles. The second-order valence-electron chi connectivity index (χ2n) is 6.37. The summed E-state index contributed by atoms with van der Waals surface area (Å²) in [5.74, 6) is 3.47. The molecule has 0 atom stereocenters. The Balaban J connectivity index is 0.00000364. The number of methoxy groups -OCH3 is 3. The molecular weight excluding hydrogens is 461 g/mol. The molecule has 0 heterocycles. The van der Waals surface area contributed by atoms with Crippen molar-refractivity contribution in [2.75, 3.05) is 55.2 Å². The Labute approximate surface area is 179 Å². The molecule has 1 saturated carbocycles. The molecule has 0 aliphatic heterocycles. The summed E-state index contributed by atoms with van der Waals surface area (Å²) in [6.45, 7) is 2.97. The van der Waals surface area contributed by atoms with E-state index in [2.05, 4.69) is 15.2 Å². The fourth-order valence-corrected chi connectivity index (χ4v) is 2.65. The summed E-state index contributed by atoms with van der Waals surface area (Å²) >= 11 is 0. The molecule has 154 valence electrons. The third kappa shape index (κ3) is 7.25. The van der Waals surface area contributed by atoms with E-state index in [0.29, 0.717) is 30.4 Å². The van der Waals surface area contributed by atoms with E-state index in [-0.39, 0.29) is 24.0 Å². The number of nitrogens with one attached hydrogen (secondary N) is 1. The largest absolute Gasteiger partial charge is 0.493 e. The Morgan fingerprint density at radius 1 is 1.15 bits per heavy atom. The van der Waals surface area contributed by atoms with Crippen LogP contribution in [0, 0.1) is 5.92 Å². The molecule has 1 aliphatic rings. The Bertz CT molecular complexity index is 584. The molecule has 2 rings (SSSR count). The predicted octanol–water partition coefficient (Wildman–Crippen LogP) is 2.76. The Morgan fingerprint density at radius 2 is 1.78 bits per heavy atom. The third-order valence-electron chi connectivity index (χ3n) is 4.37. The number of guanidine groups is 1. The smallest absolute Gasteiger partial charge is 0.203 e. The molecule has 8 heteroatoms. The van der Waals surface area contributed by atoms with E-state index in [1.807, 2.05) is 19.2 Å². The minimum Gasteiger partial charge on any atom is -0.493 e. The van der Waals surface area contributed by atoms with Crippen molar-refractivity contribution in [3.8, 4) is 17.2 Å². The van der Waals surface area contributed by atoms with E-state index in [9.17, 15) is 0 Å². The van der Waals surface area contributed by atoms with Gasteiger partial charge < -0.3 is 29.2 Å². The summed E-state index contributed by atoms with van der Waals surface area (Å²) in [6.07, 6.45) is 2.63. The number of hydrogen-bond acceptors (Lipinski definition) is 5. The van der Waals surface area contributed by atoms with Crippen molar-refractivity contribution in [2.24, 2.45) is 10.9 Å². The van der Waals surface area contributed by atoms with Crippen LogP contribution in [0.4, 0.5) is 0 Å². The number of rotatable bonds is 10. The van der Waals surface area contributed by atoms with Crippen molar-refractivity contribution >= 4 is 29.9 Å². The van der Waals surface area contributed by atoms with E-state index < -0.39 is 0 Å². The van der Waals surface area contributed by atoms with Crippen LogP contribution < -0.4 is 19.5 Å². The molecule has 0 aromatic heterocycles. The summed E-state index contributed by atoms with van der Waals surface area (Å²) < 4.78 is 21.9. The predicted molar refractivity (Wildman–Crippen MR) is 118 cm³/mol. The lowest BCUT2D eigenvalue weighted by Gasteiger charge is -2.22. The van der Waals surface area contributed by atoms with Gasteiger partial charge in [-0.05, 0) is 36.5 Å². The molecule has 0 unspecified atom stereocenters. The molecule has 1 aliphatic carbocycles. The maximum atomic E-state index is 5.70. The van der Waals surface area contributed by atoms with Crippen LogP contribution in [0.5, 0.6) is 17.2 Å². The van der Waals surface area contributed by atoms with Crippen molar-refractivity contribution < 1.29 is 18.9 Å². The van der Waals surface area contributed by atoms with Gasteiger partial charge in [0, 0.05) is 33.8 Å². The molecule has 1 fully saturated rings. The van der Waals surface area contributed by atoms with E-state index in [0.717, 1.165) is 30.6 Å². The second kappa shape index (κ2) is 12.1. The van der Waals surface area contributed by atoms with Gasteiger partial charge in [0.25, 0.3) is 0 Å². The van der Waals surface area contributed by atoms with Crippen molar-refractivity contribution in [1.82, 2.24) is 10.2 Å². The molecule has 7 nitrogen and oxygen atoms in total. The molecule has 0 saturated heterocycles. The molecule has 0 amide bonds. The van der Waals surface area contributed by atoms with Gasteiger partial charge in [-0.15, -0.1) is 24.0 Å². The van der Waals surface area contributed by atoms with E-state index in [1.54, 1.807) is 28.4 Å². The van der Waals surface area contributed by atoms with Gasteiger partial charge in [-0.25, -0.2) is 0 Å². The summed E-state index contributed by atoms with van der Waals surface area (Å²) in [5.41, 5.74) is 1.01. The maximum absolute atomic E-state index is 5.70. The van der Waals surface area contributed by atoms with Crippen LogP contribution >= 0.6 is 24.0 Å². The first-order valence-electron chi connectivity index (χ1n) is 8.91. The topological polar surface area (TPSA) is 64.6 Å². The van der Waals surface area contributed by atoms with E-state index >= 15 is 0 Å². The Hall–Kier alpha value is -1.42. The first-order valence-corrected chi connectivity index (χ1v) is 8.91. The fraction of sp³-hybridized carbons (Fsp3) is 0.632. The van der Waals surface area contributed by atoms with Crippen LogP contribution in [0.15, 0.2) is 17.1 Å². The summed E-state index contributed by atoms with van der Waals surface area (Å²) in [6, 6.07) is 3.86. The highest BCUT2D eigenvalue weighted by molar-refractivity contribution is 14.0.